The Hall–Kier alpha value is -1.43. The predicted octanol–water partition coefficient (Wildman–Crippen LogP) is 1.10. The number of rotatable bonds is 7. The molecule has 1 saturated carbocycles. The zero-order chi connectivity index (χ0) is 13.0. The van der Waals surface area contributed by atoms with Crippen molar-refractivity contribution in [3.05, 3.63) is 11.4 Å². The number of carbonyl (C=O) groups excluding carboxylic acids is 1. The molecule has 0 aromatic carbocycles. The van der Waals surface area contributed by atoms with Crippen molar-refractivity contribution < 1.29 is 14.6 Å². The van der Waals surface area contributed by atoms with Gasteiger partial charge in [0.25, 0.3) is 0 Å². The third-order valence-corrected chi connectivity index (χ3v) is 2.98. The molecular weight excluding hydrogens is 234 g/mol. The zero-order valence-electron chi connectivity index (χ0n) is 10.6. The second kappa shape index (κ2) is 5.95. The monoisotopic (exact) mass is 253 g/mol. The van der Waals surface area contributed by atoms with Crippen LogP contribution in [-0.4, -0.2) is 39.3 Å². The van der Waals surface area contributed by atoms with Gasteiger partial charge in [-0.1, -0.05) is 5.21 Å². The predicted molar refractivity (Wildman–Crippen MR) is 64.3 cm³/mol. The highest BCUT2D eigenvalue weighted by atomic mass is 16.5. The van der Waals surface area contributed by atoms with Gasteiger partial charge in [0.05, 0.1) is 12.3 Å². The van der Waals surface area contributed by atoms with Crippen LogP contribution in [-0.2, 0) is 11.3 Å². The summed E-state index contributed by atoms with van der Waals surface area (Å²) >= 11 is 0. The lowest BCUT2D eigenvalue weighted by molar-refractivity contribution is 0.0518. The number of unbranched alkanes of at least 4 members (excludes halogenated alkanes) is 1. The summed E-state index contributed by atoms with van der Waals surface area (Å²) in [5.41, 5.74) is 1.27. The quantitative estimate of drug-likeness (QED) is 0.581. The Morgan fingerprint density at radius 2 is 2.28 bits per heavy atom. The number of nitrogens with zero attached hydrogens (tertiary/aromatic N) is 3. The normalized spacial score (nSPS) is 14.8. The first-order valence-corrected chi connectivity index (χ1v) is 6.49. The first-order valence-electron chi connectivity index (χ1n) is 6.49. The van der Waals surface area contributed by atoms with Crippen molar-refractivity contribution in [2.24, 2.45) is 0 Å². The molecule has 1 heterocycles. The van der Waals surface area contributed by atoms with E-state index in [2.05, 4.69) is 10.3 Å². The van der Waals surface area contributed by atoms with Gasteiger partial charge in [0.2, 0.25) is 0 Å². The van der Waals surface area contributed by atoms with Crippen LogP contribution in [0, 0.1) is 0 Å². The molecule has 0 atom stereocenters. The van der Waals surface area contributed by atoms with Gasteiger partial charge in [0.15, 0.2) is 5.69 Å². The van der Waals surface area contributed by atoms with Crippen LogP contribution in [0.3, 0.4) is 0 Å². The van der Waals surface area contributed by atoms with Crippen LogP contribution in [0.4, 0.5) is 0 Å². The van der Waals surface area contributed by atoms with E-state index in [1.165, 1.54) is 0 Å². The SMILES string of the molecule is CCOC(=O)c1nnn(CCCCO)c1C1CC1. The molecule has 1 aliphatic carbocycles. The average Bonchev–Trinajstić information content (AvgIpc) is 3.11. The minimum Gasteiger partial charge on any atom is -0.461 e. The van der Waals surface area contributed by atoms with Crippen molar-refractivity contribution >= 4 is 5.97 Å². The highest BCUT2D eigenvalue weighted by Crippen LogP contribution is 2.41. The van der Waals surface area contributed by atoms with E-state index in [0.717, 1.165) is 31.4 Å². The summed E-state index contributed by atoms with van der Waals surface area (Å²) in [7, 11) is 0. The first-order chi connectivity index (χ1) is 8.77. The van der Waals surface area contributed by atoms with Crippen LogP contribution in [0.5, 0.6) is 0 Å². The number of hydrogen-bond acceptors (Lipinski definition) is 5. The number of aliphatic hydroxyl groups is 1. The fourth-order valence-electron chi connectivity index (χ4n) is 1.96. The van der Waals surface area contributed by atoms with Gasteiger partial charge in [0.1, 0.15) is 0 Å². The highest BCUT2D eigenvalue weighted by Gasteiger charge is 2.34. The second-order valence-electron chi connectivity index (χ2n) is 4.47. The molecule has 2 rings (SSSR count). The van der Waals surface area contributed by atoms with Crippen molar-refractivity contribution in [1.82, 2.24) is 15.0 Å². The smallest absolute Gasteiger partial charge is 0.360 e. The Balaban J connectivity index is 2.12. The van der Waals surface area contributed by atoms with Crippen molar-refractivity contribution in [2.45, 2.75) is 45.1 Å². The van der Waals surface area contributed by atoms with Gasteiger partial charge in [-0.05, 0) is 32.6 Å². The van der Waals surface area contributed by atoms with Gasteiger partial charge >= 0.3 is 5.97 Å². The van der Waals surface area contributed by atoms with Crippen LogP contribution in [0.15, 0.2) is 0 Å². The largest absolute Gasteiger partial charge is 0.461 e. The number of aryl methyl sites for hydroxylation is 1. The van der Waals surface area contributed by atoms with Crippen molar-refractivity contribution in [3.8, 4) is 0 Å². The van der Waals surface area contributed by atoms with Crippen LogP contribution < -0.4 is 0 Å². The summed E-state index contributed by atoms with van der Waals surface area (Å²) < 4.78 is 6.78. The molecule has 6 heteroatoms. The average molecular weight is 253 g/mol. The summed E-state index contributed by atoms with van der Waals surface area (Å²) in [6.45, 7) is 3.00. The van der Waals surface area contributed by atoms with E-state index in [0.29, 0.717) is 24.8 Å². The van der Waals surface area contributed by atoms with Crippen LogP contribution in [0.2, 0.25) is 0 Å². The van der Waals surface area contributed by atoms with Gasteiger partial charge in [-0.15, -0.1) is 5.10 Å². The van der Waals surface area contributed by atoms with Crippen molar-refractivity contribution in [1.29, 1.82) is 0 Å². The van der Waals surface area contributed by atoms with E-state index >= 15 is 0 Å². The Bertz CT molecular complexity index is 413. The number of carbonyl (C=O) groups is 1. The molecule has 0 unspecified atom stereocenters. The summed E-state index contributed by atoms with van der Waals surface area (Å²) in [6, 6.07) is 0. The molecule has 1 aromatic rings. The highest BCUT2D eigenvalue weighted by molar-refractivity contribution is 5.88. The first kappa shape index (κ1) is 13.0. The van der Waals surface area contributed by atoms with E-state index in [1.807, 2.05) is 0 Å². The summed E-state index contributed by atoms with van der Waals surface area (Å²) in [6.07, 6.45) is 3.74. The van der Waals surface area contributed by atoms with Crippen LogP contribution in [0.25, 0.3) is 0 Å². The molecule has 1 N–H and O–H groups in total. The Labute approximate surface area is 106 Å². The molecular formula is C12H19N3O3. The molecule has 1 aromatic heterocycles. The molecule has 6 nitrogen and oxygen atoms in total. The topological polar surface area (TPSA) is 77.2 Å². The Morgan fingerprint density at radius 1 is 1.50 bits per heavy atom. The van der Waals surface area contributed by atoms with E-state index < -0.39 is 0 Å². The maximum atomic E-state index is 11.8. The zero-order valence-corrected chi connectivity index (χ0v) is 10.6. The lowest BCUT2D eigenvalue weighted by atomic mass is 10.2. The number of aliphatic hydroxyl groups excluding tert-OH is 1. The van der Waals surface area contributed by atoms with Gasteiger partial charge in [-0.2, -0.15) is 0 Å². The van der Waals surface area contributed by atoms with Gasteiger partial charge in [-0.25, -0.2) is 9.48 Å². The molecule has 1 fully saturated rings. The lowest BCUT2D eigenvalue weighted by Crippen LogP contribution is -2.10. The molecule has 0 bridgehead atoms. The van der Waals surface area contributed by atoms with E-state index in [4.69, 9.17) is 9.84 Å². The summed E-state index contributed by atoms with van der Waals surface area (Å²) in [5.74, 6) is 0.0151. The maximum Gasteiger partial charge on any atom is 0.360 e. The Morgan fingerprint density at radius 3 is 2.89 bits per heavy atom. The molecule has 0 spiro atoms. The van der Waals surface area contributed by atoms with E-state index in [-0.39, 0.29) is 12.6 Å². The minimum atomic E-state index is -0.382. The lowest BCUT2D eigenvalue weighted by Gasteiger charge is -2.06. The number of esters is 1. The molecule has 0 amide bonds. The Kier molecular flexibility index (Phi) is 4.30. The molecule has 18 heavy (non-hydrogen) atoms. The third-order valence-electron chi connectivity index (χ3n) is 2.98. The standard InChI is InChI=1S/C12H19N3O3/c1-2-18-12(17)10-11(9-5-6-9)15(14-13-10)7-3-4-8-16/h9,16H,2-8H2,1H3. The maximum absolute atomic E-state index is 11.8. The molecule has 0 saturated heterocycles. The minimum absolute atomic E-state index is 0.179. The number of aromatic nitrogens is 3. The molecule has 100 valence electrons. The summed E-state index contributed by atoms with van der Waals surface area (Å²) in [4.78, 5) is 11.8. The van der Waals surface area contributed by atoms with Gasteiger partial charge < -0.3 is 9.84 Å². The van der Waals surface area contributed by atoms with E-state index in [9.17, 15) is 4.79 Å². The molecule has 0 aliphatic heterocycles. The molecule has 1 aliphatic rings. The van der Waals surface area contributed by atoms with E-state index in [1.54, 1.807) is 11.6 Å². The number of hydrogen-bond donors (Lipinski definition) is 1. The van der Waals surface area contributed by atoms with Crippen molar-refractivity contribution in [3.63, 3.8) is 0 Å². The fraction of sp³-hybridized carbons (Fsp3) is 0.750. The van der Waals surface area contributed by atoms with Crippen LogP contribution >= 0.6 is 0 Å². The van der Waals surface area contributed by atoms with Crippen molar-refractivity contribution in [2.75, 3.05) is 13.2 Å². The molecule has 0 radical (unpaired) electrons. The second-order valence-corrected chi connectivity index (χ2v) is 4.47. The van der Waals surface area contributed by atoms with Gasteiger partial charge in [0, 0.05) is 19.1 Å². The van der Waals surface area contributed by atoms with Gasteiger partial charge in [-0.3, -0.25) is 0 Å². The van der Waals surface area contributed by atoms with Crippen LogP contribution in [0.1, 0.15) is 54.7 Å². The fourth-order valence-corrected chi connectivity index (χ4v) is 1.96. The number of ether oxygens (including phenoxy) is 1. The third kappa shape index (κ3) is 2.87. The summed E-state index contributed by atoms with van der Waals surface area (Å²) in [5, 5.41) is 16.8.